The average Bonchev–Trinajstić information content (AvgIpc) is 2.94. The molecule has 0 atom stereocenters. The van der Waals surface area contributed by atoms with E-state index in [2.05, 4.69) is 118 Å². The summed E-state index contributed by atoms with van der Waals surface area (Å²) in [6.45, 7) is 17.6. The lowest BCUT2D eigenvalue weighted by Gasteiger charge is -1.99. The van der Waals surface area contributed by atoms with Gasteiger partial charge in [-0.1, -0.05) is 153 Å². The summed E-state index contributed by atoms with van der Waals surface area (Å²) in [6, 6.07) is 39.3. The van der Waals surface area contributed by atoms with E-state index in [1.165, 1.54) is 44.3 Å². The van der Waals surface area contributed by atoms with Crippen LogP contribution in [0.5, 0.6) is 0 Å². The van der Waals surface area contributed by atoms with Gasteiger partial charge in [-0.25, -0.2) is 0 Å². The van der Waals surface area contributed by atoms with E-state index < -0.39 is 0 Å². The molecule has 5 aromatic rings. The van der Waals surface area contributed by atoms with Crippen molar-refractivity contribution in [3.8, 4) is 0 Å². The lowest BCUT2D eigenvalue weighted by atomic mass is 10.1. The monoisotopic (exact) mass is 453 g/mol. The zero-order valence-electron chi connectivity index (χ0n) is 20.3. The lowest BCUT2D eigenvalue weighted by Crippen LogP contribution is -1.75. The van der Waals surface area contributed by atoms with Gasteiger partial charge in [0.25, 0.3) is 0 Å². The Bertz CT molecular complexity index is 1350. The van der Waals surface area contributed by atoms with Gasteiger partial charge in [0.05, 0.1) is 0 Å². The molecule has 173 valence electrons. The summed E-state index contributed by atoms with van der Waals surface area (Å²) in [5, 5.41) is 5.10. The number of hydrogen-bond donors (Lipinski definition) is 0. The first kappa shape index (κ1) is 26.8. The first-order valence-corrected chi connectivity index (χ1v) is 11.5. The summed E-state index contributed by atoms with van der Waals surface area (Å²) < 4.78 is 0. The first-order valence-electron chi connectivity index (χ1n) is 11.5. The molecular weight excluding hydrogens is 420 g/mol. The Kier molecular flexibility index (Phi) is 11.8. The van der Waals surface area contributed by atoms with Crippen LogP contribution in [0.25, 0.3) is 39.8 Å². The van der Waals surface area contributed by atoms with Gasteiger partial charge < -0.3 is 0 Å². The van der Waals surface area contributed by atoms with Crippen molar-refractivity contribution in [3.63, 3.8) is 0 Å². The van der Waals surface area contributed by atoms with Crippen LogP contribution in [0, 0.1) is 6.92 Å². The standard InChI is InChI=1S/2C12H10.C8H8.C3H5/c1-2-10-7-5-8-11-6-3-4-9-12(10)11;1-2-10-7-8-11-5-3-4-6-12(11)9-10;1-2-8-6-4-3-5-7-8;1-3-2/h2*2-9H,1H2;2-7H,1H2;3H,1-2H2. The van der Waals surface area contributed by atoms with Crippen LogP contribution in [-0.2, 0) is 0 Å². The maximum Gasteiger partial charge on any atom is -0.0112 e. The molecule has 0 unspecified atom stereocenters. The van der Waals surface area contributed by atoms with Crippen molar-refractivity contribution < 1.29 is 0 Å². The van der Waals surface area contributed by atoms with Crippen molar-refractivity contribution in [1.82, 2.24) is 0 Å². The Morgan fingerprint density at radius 3 is 1.57 bits per heavy atom. The molecule has 5 aromatic carbocycles. The molecule has 0 spiro atoms. The summed E-state index contributed by atoms with van der Waals surface area (Å²) in [5.41, 5.74) is 3.55. The third kappa shape index (κ3) is 8.79. The molecule has 0 nitrogen and oxygen atoms in total. The van der Waals surface area contributed by atoms with Crippen LogP contribution in [0.3, 0.4) is 0 Å². The van der Waals surface area contributed by atoms with E-state index in [4.69, 9.17) is 0 Å². The largest absolute Gasteiger partial charge is 0.103 e. The second-order valence-electron chi connectivity index (χ2n) is 7.49. The van der Waals surface area contributed by atoms with Crippen LogP contribution in [0.1, 0.15) is 16.7 Å². The summed E-state index contributed by atoms with van der Waals surface area (Å²) in [5.74, 6) is 0. The smallest absolute Gasteiger partial charge is 0.0112 e. The van der Waals surface area contributed by atoms with Gasteiger partial charge in [-0.15, -0.1) is 6.58 Å². The second-order valence-corrected chi connectivity index (χ2v) is 7.49. The minimum atomic E-state index is 1.17. The zero-order chi connectivity index (χ0) is 25.3. The van der Waals surface area contributed by atoms with Crippen molar-refractivity contribution in [2.45, 2.75) is 0 Å². The molecule has 0 aromatic heterocycles. The highest BCUT2D eigenvalue weighted by molar-refractivity contribution is 5.90. The van der Waals surface area contributed by atoms with Crippen molar-refractivity contribution in [2.75, 3.05) is 0 Å². The number of fused-ring (bicyclic) bond motifs is 2. The van der Waals surface area contributed by atoms with E-state index in [1.807, 2.05) is 48.6 Å². The van der Waals surface area contributed by atoms with Crippen molar-refractivity contribution in [3.05, 3.63) is 171 Å². The van der Waals surface area contributed by atoms with Gasteiger partial charge in [-0.3, -0.25) is 0 Å². The predicted octanol–water partition coefficient (Wildman–Crippen LogP) is 10.3. The zero-order valence-corrected chi connectivity index (χ0v) is 20.3. The van der Waals surface area contributed by atoms with Crippen molar-refractivity contribution >= 4 is 39.8 Å². The van der Waals surface area contributed by atoms with Gasteiger partial charge in [0.1, 0.15) is 0 Å². The van der Waals surface area contributed by atoms with E-state index in [-0.39, 0.29) is 0 Å². The number of allylic oxidation sites excluding steroid dienone is 1. The predicted molar refractivity (Wildman–Crippen MR) is 160 cm³/mol. The molecule has 0 aliphatic rings. The van der Waals surface area contributed by atoms with Crippen LogP contribution < -0.4 is 0 Å². The molecular formula is C35H33. The van der Waals surface area contributed by atoms with Crippen molar-refractivity contribution in [2.24, 2.45) is 0 Å². The summed E-state index contributed by atoms with van der Waals surface area (Å²) >= 11 is 0. The summed E-state index contributed by atoms with van der Waals surface area (Å²) in [4.78, 5) is 0. The minimum Gasteiger partial charge on any atom is -0.103 e. The third-order valence-corrected chi connectivity index (χ3v) is 5.09. The second kappa shape index (κ2) is 15.4. The number of rotatable bonds is 3. The van der Waals surface area contributed by atoms with Gasteiger partial charge in [-0.05, 0) is 51.2 Å². The topological polar surface area (TPSA) is 0 Å². The fraction of sp³-hybridized carbons (Fsp3) is 0. The highest BCUT2D eigenvalue weighted by Gasteiger charge is 1.94. The molecule has 0 amide bonds. The molecule has 0 saturated heterocycles. The maximum absolute atomic E-state index is 3.78. The van der Waals surface area contributed by atoms with E-state index >= 15 is 0 Å². The van der Waals surface area contributed by atoms with E-state index in [0.29, 0.717) is 0 Å². The molecule has 0 heterocycles. The summed E-state index contributed by atoms with van der Waals surface area (Å²) in [7, 11) is 0. The Morgan fingerprint density at radius 2 is 0.971 bits per heavy atom. The van der Waals surface area contributed by atoms with Gasteiger partial charge in [0.2, 0.25) is 0 Å². The Hall–Kier alpha value is -4.42. The summed E-state index contributed by atoms with van der Waals surface area (Å²) in [6.07, 6.45) is 7.09. The average molecular weight is 454 g/mol. The molecule has 5 rings (SSSR count). The molecule has 0 saturated carbocycles. The Morgan fingerprint density at radius 1 is 0.429 bits per heavy atom. The SMILES string of the molecule is C=Cc1ccc2ccccc2c1.C=Cc1cccc2ccccc12.C=Cc1ccccc1.[CH2]C=C. The fourth-order valence-electron chi connectivity index (χ4n) is 3.35. The van der Waals surface area contributed by atoms with E-state index in [9.17, 15) is 0 Å². The van der Waals surface area contributed by atoms with Gasteiger partial charge in [0.15, 0.2) is 0 Å². The van der Waals surface area contributed by atoms with Crippen LogP contribution in [0.2, 0.25) is 0 Å². The molecule has 0 heteroatoms. The first-order chi connectivity index (χ1) is 17.2. The van der Waals surface area contributed by atoms with Crippen LogP contribution in [-0.4, -0.2) is 0 Å². The van der Waals surface area contributed by atoms with Gasteiger partial charge in [0, 0.05) is 0 Å². The van der Waals surface area contributed by atoms with Gasteiger partial charge >= 0.3 is 0 Å². The van der Waals surface area contributed by atoms with Gasteiger partial charge in [-0.2, -0.15) is 0 Å². The molecule has 35 heavy (non-hydrogen) atoms. The highest BCUT2D eigenvalue weighted by Crippen LogP contribution is 2.18. The Balaban J connectivity index is 0.000000179. The molecule has 0 bridgehead atoms. The molecule has 0 aliphatic carbocycles. The Labute approximate surface area is 210 Å². The van der Waals surface area contributed by atoms with Crippen LogP contribution in [0.4, 0.5) is 0 Å². The lowest BCUT2D eigenvalue weighted by molar-refractivity contribution is 1.67. The number of benzene rings is 5. The molecule has 0 fully saturated rings. The molecule has 1 radical (unpaired) electrons. The van der Waals surface area contributed by atoms with Crippen LogP contribution >= 0.6 is 0 Å². The molecule has 0 aliphatic heterocycles. The number of hydrogen-bond acceptors (Lipinski definition) is 0. The highest BCUT2D eigenvalue weighted by atomic mass is 14.0. The fourth-order valence-corrected chi connectivity index (χ4v) is 3.35. The van der Waals surface area contributed by atoms with E-state index in [1.54, 1.807) is 0 Å². The minimum absolute atomic E-state index is 1.17. The van der Waals surface area contributed by atoms with Crippen LogP contribution in [0.15, 0.2) is 148 Å². The van der Waals surface area contributed by atoms with E-state index in [0.717, 1.165) is 0 Å². The van der Waals surface area contributed by atoms with Crippen molar-refractivity contribution in [1.29, 1.82) is 0 Å². The quantitative estimate of drug-likeness (QED) is 0.255. The normalized spacial score (nSPS) is 9.17. The maximum atomic E-state index is 3.78. The molecule has 0 N–H and O–H groups in total. The third-order valence-electron chi connectivity index (χ3n) is 5.09.